The van der Waals surface area contributed by atoms with E-state index in [2.05, 4.69) is 38.2 Å². The minimum absolute atomic E-state index is 0.285. The first kappa shape index (κ1) is 19.9. The molecule has 25 heavy (non-hydrogen) atoms. The average molecular weight is 361 g/mol. The Morgan fingerprint density at radius 1 is 1.24 bits per heavy atom. The van der Waals surface area contributed by atoms with E-state index in [0.717, 1.165) is 11.6 Å². The van der Waals surface area contributed by atoms with Crippen molar-refractivity contribution in [2.75, 3.05) is 6.61 Å². The summed E-state index contributed by atoms with van der Waals surface area (Å²) >= 11 is 0. The molecule has 1 fully saturated rings. The van der Waals surface area contributed by atoms with Crippen LogP contribution in [0.2, 0.25) is 13.1 Å². The molecule has 0 N–H and O–H groups in total. The number of esters is 1. The van der Waals surface area contributed by atoms with E-state index in [0.29, 0.717) is 12.7 Å². The third-order valence-corrected chi connectivity index (χ3v) is 6.94. The summed E-state index contributed by atoms with van der Waals surface area (Å²) in [4.78, 5) is 11.7. The predicted octanol–water partition coefficient (Wildman–Crippen LogP) is 5.21. The molecular weight excluding hydrogens is 328 g/mol. The SMILES string of the molecule is CCOC(=O)/C=C/c1c(C)cccc1C[Si](C)(C)OC1CCCCC1. The highest BCUT2D eigenvalue weighted by Crippen LogP contribution is 2.27. The van der Waals surface area contributed by atoms with Gasteiger partial charge in [-0.2, -0.15) is 0 Å². The third-order valence-electron chi connectivity index (χ3n) is 4.74. The summed E-state index contributed by atoms with van der Waals surface area (Å²) < 4.78 is 11.6. The molecule has 0 radical (unpaired) electrons. The number of hydrogen-bond donors (Lipinski definition) is 0. The Hall–Kier alpha value is -1.39. The van der Waals surface area contributed by atoms with Gasteiger partial charge in [-0.1, -0.05) is 37.5 Å². The number of rotatable bonds is 7. The van der Waals surface area contributed by atoms with Gasteiger partial charge >= 0.3 is 5.97 Å². The van der Waals surface area contributed by atoms with E-state index in [1.165, 1.54) is 49.3 Å². The lowest BCUT2D eigenvalue weighted by Crippen LogP contribution is -2.39. The van der Waals surface area contributed by atoms with E-state index < -0.39 is 8.32 Å². The zero-order valence-corrected chi connectivity index (χ0v) is 17.1. The van der Waals surface area contributed by atoms with Crippen molar-refractivity contribution >= 4 is 20.4 Å². The maximum Gasteiger partial charge on any atom is 0.330 e. The smallest absolute Gasteiger partial charge is 0.330 e. The lowest BCUT2D eigenvalue weighted by molar-refractivity contribution is -0.137. The van der Waals surface area contributed by atoms with E-state index in [-0.39, 0.29) is 5.97 Å². The van der Waals surface area contributed by atoms with Gasteiger partial charge in [0, 0.05) is 12.2 Å². The van der Waals surface area contributed by atoms with Gasteiger partial charge in [0.15, 0.2) is 8.32 Å². The lowest BCUT2D eigenvalue weighted by Gasteiger charge is -2.32. The highest BCUT2D eigenvalue weighted by Gasteiger charge is 2.28. The maximum absolute atomic E-state index is 11.7. The second kappa shape index (κ2) is 9.34. The summed E-state index contributed by atoms with van der Waals surface area (Å²) in [5.74, 6) is -0.285. The summed E-state index contributed by atoms with van der Waals surface area (Å²) in [6.45, 7) is 8.93. The number of benzene rings is 1. The van der Waals surface area contributed by atoms with Crippen LogP contribution in [0, 0.1) is 6.92 Å². The summed E-state index contributed by atoms with van der Waals surface area (Å²) in [6.07, 6.45) is 10.2. The molecule has 2 rings (SSSR count). The third kappa shape index (κ3) is 6.44. The topological polar surface area (TPSA) is 35.5 Å². The Kier molecular flexibility index (Phi) is 7.45. The molecule has 3 nitrogen and oxygen atoms in total. The van der Waals surface area contributed by atoms with Crippen LogP contribution in [0.4, 0.5) is 0 Å². The van der Waals surface area contributed by atoms with Gasteiger partial charge in [0.25, 0.3) is 0 Å². The lowest BCUT2D eigenvalue weighted by atomic mass is 9.98. The van der Waals surface area contributed by atoms with E-state index >= 15 is 0 Å². The van der Waals surface area contributed by atoms with Gasteiger partial charge in [-0.15, -0.1) is 0 Å². The predicted molar refractivity (Wildman–Crippen MR) is 106 cm³/mol. The first-order valence-corrected chi connectivity index (χ1v) is 12.6. The van der Waals surface area contributed by atoms with E-state index in [1.54, 1.807) is 0 Å². The highest BCUT2D eigenvalue weighted by atomic mass is 28.4. The average Bonchev–Trinajstić information content (AvgIpc) is 2.54. The van der Waals surface area contributed by atoms with E-state index in [1.807, 2.05) is 13.0 Å². The Morgan fingerprint density at radius 2 is 1.96 bits per heavy atom. The normalized spacial score (nSPS) is 16.3. The molecule has 0 unspecified atom stereocenters. The van der Waals surface area contributed by atoms with Gasteiger partial charge in [-0.25, -0.2) is 4.79 Å². The number of carbonyl (C=O) groups excluding carboxylic acids is 1. The van der Waals surface area contributed by atoms with Crippen LogP contribution in [-0.4, -0.2) is 27.0 Å². The van der Waals surface area contributed by atoms with Gasteiger partial charge in [-0.05, 0) is 68.6 Å². The van der Waals surface area contributed by atoms with Crippen LogP contribution in [0.25, 0.3) is 6.08 Å². The minimum Gasteiger partial charge on any atom is -0.463 e. The van der Waals surface area contributed by atoms with Crippen LogP contribution in [0.1, 0.15) is 55.7 Å². The van der Waals surface area contributed by atoms with Crippen molar-refractivity contribution in [2.45, 2.75) is 71.2 Å². The number of hydrogen-bond acceptors (Lipinski definition) is 3. The maximum atomic E-state index is 11.7. The fourth-order valence-corrected chi connectivity index (χ4v) is 6.06. The molecule has 138 valence electrons. The molecule has 0 aromatic heterocycles. The van der Waals surface area contributed by atoms with Gasteiger partial charge in [0.05, 0.1) is 6.61 Å². The number of aryl methyl sites for hydroxylation is 1. The number of carbonyl (C=O) groups is 1. The first-order chi connectivity index (χ1) is 11.9. The summed E-state index contributed by atoms with van der Waals surface area (Å²) in [5.41, 5.74) is 3.58. The summed E-state index contributed by atoms with van der Waals surface area (Å²) in [5, 5.41) is 0. The molecule has 1 aliphatic rings. The molecular formula is C21H32O3Si. The van der Waals surface area contributed by atoms with Gasteiger partial charge in [-0.3, -0.25) is 0 Å². The van der Waals surface area contributed by atoms with Crippen molar-refractivity contribution < 1.29 is 14.0 Å². The monoisotopic (exact) mass is 360 g/mol. The van der Waals surface area contributed by atoms with E-state index in [4.69, 9.17) is 9.16 Å². The second-order valence-electron chi connectivity index (χ2n) is 7.55. The second-order valence-corrected chi connectivity index (χ2v) is 11.7. The molecule has 0 aliphatic heterocycles. The zero-order chi connectivity index (χ0) is 18.3. The van der Waals surface area contributed by atoms with Crippen molar-refractivity contribution in [3.8, 4) is 0 Å². The number of ether oxygens (including phenoxy) is 1. The van der Waals surface area contributed by atoms with E-state index in [9.17, 15) is 4.79 Å². The summed E-state index contributed by atoms with van der Waals surface area (Å²) in [6, 6.07) is 7.31. The molecule has 1 aromatic carbocycles. The highest BCUT2D eigenvalue weighted by molar-refractivity contribution is 6.70. The van der Waals surface area contributed by atoms with Crippen LogP contribution < -0.4 is 0 Å². The van der Waals surface area contributed by atoms with Gasteiger partial charge in [0.2, 0.25) is 0 Å². The molecule has 4 heteroatoms. The molecule has 1 aromatic rings. The van der Waals surface area contributed by atoms with Gasteiger partial charge in [0.1, 0.15) is 0 Å². The Morgan fingerprint density at radius 3 is 2.64 bits per heavy atom. The molecule has 0 heterocycles. The van der Waals surface area contributed by atoms with Crippen LogP contribution >= 0.6 is 0 Å². The largest absolute Gasteiger partial charge is 0.463 e. The van der Waals surface area contributed by atoms with Crippen LogP contribution in [-0.2, 0) is 20.0 Å². The van der Waals surface area contributed by atoms with Crippen molar-refractivity contribution in [3.05, 3.63) is 41.0 Å². The molecule has 0 atom stereocenters. The van der Waals surface area contributed by atoms with Crippen LogP contribution in [0.15, 0.2) is 24.3 Å². The minimum atomic E-state index is -1.81. The zero-order valence-electron chi connectivity index (χ0n) is 16.1. The first-order valence-electron chi connectivity index (χ1n) is 9.52. The van der Waals surface area contributed by atoms with Crippen LogP contribution in [0.3, 0.4) is 0 Å². The van der Waals surface area contributed by atoms with Crippen molar-refractivity contribution in [1.29, 1.82) is 0 Å². The molecule has 0 spiro atoms. The Balaban J connectivity index is 2.12. The fourth-order valence-electron chi connectivity index (χ4n) is 3.61. The Bertz CT molecular complexity index is 601. The fraction of sp³-hybridized carbons (Fsp3) is 0.571. The molecule has 0 amide bonds. The van der Waals surface area contributed by atoms with Crippen molar-refractivity contribution in [3.63, 3.8) is 0 Å². The summed E-state index contributed by atoms with van der Waals surface area (Å²) in [7, 11) is -1.81. The molecule has 0 saturated heterocycles. The quantitative estimate of drug-likeness (QED) is 0.380. The van der Waals surface area contributed by atoms with Crippen molar-refractivity contribution in [2.24, 2.45) is 0 Å². The van der Waals surface area contributed by atoms with Crippen LogP contribution in [0.5, 0.6) is 0 Å². The molecule has 1 aliphatic carbocycles. The van der Waals surface area contributed by atoms with Gasteiger partial charge < -0.3 is 9.16 Å². The molecule has 0 bridgehead atoms. The standard InChI is InChI=1S/C21H32O3Si/c1-5-23-21(22)15-14-20-17(2)10-9-11-18(20)16-25(3,4)24-19-12-7-6-8-13-19/h9-11,14-15,19H,5-8,12-13,16H2,1-4H3/b15-14+. The molecule has 1 saturated carbocycles. The Labute approximate surface area is 153 Å². The van der Waals surface area contributed by atoms with Crippen molar-refractivity contribution in [1.82, 2.24) is 0 Å².